The molecule has 0 aliphatic carbocycles. The van der Waals surface area contributed by atoms with E-state index in [9.17, 15) is 14.7 Å². The zero-order valence-electron chi connectivity index (χ0n) is 22.2. The number of aliphatic hydroxyl groups excluding tert-OH is 1. The van der Waals surface area contributed by atoms with Gasteiger partial charge in [-0.25, -0.2) is 4.98 Å². The molecular formula is C31H30N6O4. The Balaban J connectivity index is 1.45. The molecule has 5 rings (SSSR count). The lowest BCUT2D eigenvalue weighted by molar-refractivity contribution is -0.137. The van der Waals surface area contributed by atoms with Crippen LogP contribution in [0.4, 0.5) is 28.7 Å². The minimum absolute atomic E-state index is 0.108. The number of nitrogens with one attached hydrogen (secondary N) is 2. The molecule has 5 aromatic rings. The van der Waals surface area contributed by atoms with Gasteiger partial charge in [0.1, 0.15) is 17.7 Å². The molecule has 0 aliphatic heterocycles. The molecule has 6 N–H and O–H groups in total. The number of fused-ring (bicyclic) bond motifs is 1. The fourth-order valence-electron chi connectivity index (χ4n) is 4.54. The van der Waals surface area contributed by atoms with Gasteiger partial charge in [-0.05, 0) is 55.2 Å². The van der Waals surface area contributed by atoms with Crippen molar-refractivity contribution in [2.24, 2.45) is 0 Å². The maximum Gasteiger partial charge on any atom is 0.303 e. The van der Waals surface area contributed by atoms with E-state index in [2.05, 4.69) is 15.7 Å². The summed E-state index contributed by atoms with van der Waals surface area (Å²) in [6.45, 7) is 0. The van der Waals surface area contributed by atoms with E-state index in [0.29, 0.717) is 59.0 Å². The summed E-state index contributed by atoms with van der Waals surface area (Å²) in [5.74, 6) is -0.0595. The van der Waals surface area contributed by atoms with Gasteiger partial charge in [0.2, 0.25) is 0 Å². The number of anilines is 5. The van der Waals surface area contributed by atoms with Crippen LogP contribution in [0, 0.1) is 0 Å². The van der Waals surface area contributed by atoms with Crippen LogP contribution in [0.5, 0.6) is 0 Å². The van der Waals surface area contributed by atoms with Crippen LogP contribution < -0.4 is 16.4 Å². The van der Waals surface area contributed by atoms with Crippen molar-refractivity contribution in [3.05, 3.63) is 108 Å². The van der Waals surface area contributed by atoms with E-state index >= 15 is 0 Å². The average molecular weight is 551 g/mol. The van der Waals surface area contributed by atoms with E-state index < -0.39 is 12.1 Å². The van der Waals surface area contributed by atoms with Crippen molar-refractivity contribution in [2.45, 2.75) is 31.8 Å². The summed E-state index contributed by atoms with van der Waals surface area (Å²) in [6, 6.07) is 24.8. The van der Waals surface area contributed by atoms with Gasteiger partial charge in [0.05, 0.1) is 6.20 Å². The van der Waals surface area contributed by atoms with Crippen LogP contribution in [-0.2, 0) is 11.2 Å². The molecule has 41 heavy (non-hydrogen) atoms. The number of nitrogens with two attached hydrogens (primary N) is 1. The van der Waals surface area contributed by atoms with Crippen molar-refractivity contribution in [2.75, 3.05) is 16.4 Å². The molecule has 3 aromatic carbocycles. The first-order chi connectivity index (χ1) is 19.9. The summed E-state index contributed by atoms with van der Waals surface area (Å²) in [7, 11) is 0. The molecule has 1 unspecified atom stereocenters. The largest absolute Gasteiger partial charge is 0.481 e. The van der Waals surface area contributed by atoms with Crippen LogP contribution in [0.25, 0.3) is 5.65 Å². The van der Waals surface area contributed by atoms with Gasteiger partial charge in [-0.2, -0.15) is 9.61 Å². The van der Waals surface area contributed by atoms with Gasteiger partial charge in [0.15, 0.2) is 11.4 Å². The summed E-state index contributed by atoms with van der Waals surface area (Å²) < 4.78 is 1.68. The second-order valence-corrected chi connectivity index (χ2v) is 9.67. The van der Waals surface area contributed by atoms with E-state index in [-0.39, 0.29) is 12.2 Å². The third kappa shape index (κ3) is 6.68. The quantitative estimate of drug-likeness (QED) is 0.0768. The monoisotopic (exact) mass is 550 g/mol. The van der Waals surface area contributed by atoms with Crippen LogP contribution in [0.15, 0.2) is 91.1 Å². The molecule has 10 heteroatoms. The molecule has 2 aromatic heterocycles. The number of aliphatic carboxylic acids is 1. The molecule has 0 saturated heterocycles. The first-order valence-corrected chi connectivity index (χ1v) is 13.2. The lowest BCUT2D eigenvalue weighted by Crippen LogP contribution is -2.12. The molecule has 0 aliphatic rings. The Hall–Kier alpha value is -5.22. The Morgan fingerprint density at radius 2 is 1.66 bits per heavy atom. The maximum absolute atomic E-state index is 12.8. The third-order valence-corrected chi connectivity index (χ3v) is 6.57. The first kappa shape index (κ1) is 27.4. The molecule has 0 spiro atoms. The number of benzene rings is 3. The van der Waals surface area contributed by atoms with Crippen LogP contribution in [0.2, 0.25) is 0 Å². The average Bonchev–Trinajstić information content (AvgIpc) is 3.38. The van der Waals surface area contributed by atoms with Crippen LogP contribution >= 0.6 is 0 Å². The summed E-state index contributed by atoms with van der Waals surface area (Å²) in [4.78, 5) is 28.5. The molecule has 0 amide bonds. The number of carboxylic acids is 1. The van der Waals surface area contributed by atoms with Gasteiger partial charge in [0, 0.05) is 40.7 Å². The van der Waals surface area contributed by atoms with Crippen LogP contribution in [0.1, 0.15) is 46.9 Å². The summed E-state index contributed by atoms with van der Waals surface area (Å²) in [5.41, 5.74) is 10.4. The van der Waals surface area contributed by atoms with Crippen LogP contribution in [0.3, 0.4) is 0 Å². The van der Waals surface area contributed by atoms with Gasteiger partial charge in [0.25, 0.3) is 0 Å². The van der Waals surface area contributed by atoms with Crippen molar-refractivity contribution in [3.8, 4) is 0 Å². The van der Waals surface area contributed by atoms with E-state index in [4.69, 9.17) is 15.8 Å². The number of nitrogens with zero attached hydrogens (tertiary/aromatic N) is 3. The summed E-state index contributed by atoms with van der Waals surface area (Å²) >= 11 is 0. The third-order valence-electron chi connectivity index (χ3n) is 6.57. The molecule has 2 heterocycles. The van der Waals surface area contributed by atoms with Crippen molar-refractivity contribution in [3.63, 3.8) is 0 Å². The number of carbonyl (C=O) groups is 2. The fourth-order valence-corrected chi connectivity index (χ4v) is 4.54. The maximum atomic E-state index is 12.8. The number of hydrogen-bond acceptors (Lipinski definition) is 8. The van der Waals surface area contributed by atoms with Gasteiger partial charge in [-0.3, -0.25) is 9.59 Å². The second kappa shape index (κ2) is 12.3. The Morgan fingerprint density at radius 3 is 2.41 bits per heavy atom. The Kier molecular flexibility index (Phi) is 8.21. The normalized spacial score (nSPS) is 11.7. The number of unbranched alkanes of at least 4 members (excludes halogenated alkanes) is 1. The predicted octanol–water partition coefficient (Wildman–Crippen LogP) is 5.51. The van der Waals surface area contributed by atoms with Gasteiger partial charge < -0.3 is 26.6 Å². The first-order valence-electron chi connectivity index (χ1n) is 13.2. The number of ketones is 1. The summed E-state index contributed by atoms with van der Waals surface area (Å²) in [5, 5.41) is 31.0. The predicted molar refractivity (Wildman–Crippen MR) is 158 cm³/mol. The van der Waals surface area contributed by atoms with Crippen molar-refractivity contribution >= 4 is 46.1 Å². The van der Waals surface area contributed by atoms with E-state index in [1.54, 1.807) is 71.4 Å². The molecule has 0 saturated carbocycles. The molecule has 0 fully saturated rings. The Bertz CT molecular complexity index is 1690. The molecule has 1 atom stereocenters. The highest BCUT2D eigenvalue weighted by Crippen LogP contribution is 2.28. The molecular weight excluding hydrogens is 520 g/mol. The molecule has 10 nitrogen and oxygen atoms in total. The minimum atomic E-state index is -1.32. The zero-order valence-corrected chi connectivity index (χ0v) is 22.2. The van der Waals surface area contributed by atoms with Gasteiger partial charge in [-0.1, -0.05) is 48.5 Å². The van der Waals surface area contributed by atoms with Crippen LogP contribution in [-0.4, -0.2) is 36.6 Å². The molecule has 0 bridgehead atoms. The number of aliphatic hydroxyl groups is 1. The SMILES string of the molecule is Nc1cccc(Nc2cc(Nc3cccc(C(O)C(=O)c4ccccc4)c3)n3ncc(CCCCC(=O)O)c3n2)c1. The van der Waals surface area contributed by atoms with Gasteiger partial charge >= 0.3 is 5.97 Å². The number of nitrogen functional groups attached to an aromatic ring is 1. The van der Waals surface area contributed by atoms with E-state index in [0.717, 1.165) is 11.3 Å². The fraction of sp³-hybridized carbons (Fsp3) is 0.161. The lowest BCUT2D eigenvalue weighted by atomic mass is 9.99. The standard InChI is InChI=1S/C31H30N6O4/c32-23-12-7-14-25(17-23)34-26-18-27(37-31(36-26)22(19-33-37)10-4-5-15-28(38)39)35-24-13-6-11-21(16-24)30(41)29(40)20-8-2-1-3-9-20/h1-3,6-9,11-14,16-19,30,35,41H,4-5,10,15,32H2,(H,34,36)(H,38,39). The number of Topliss-reactive ketones (excluding diaryl/α,β-unsaturated/α-hetero) is 1. The van der Waals surface area contributed by atoms with Crippen molar-refractivity contribution in [1.29, 1.82) is 0 Å². The van der Waals surface area contributed by atoms with Crippen molar-refractivity contribution < 1.29 is 19.8 Å². The highest BCUT2D eigenvalue weighted by molar-refractivity contribution is 6.00. The smallest absolute Gasteiger partial charge is 0.303 e. The zero-order chi connectivity index (χ0) is 28.8. The topological polar surface area (TPSA) is 155 Å². The minimum Gasteiger partial charge on any atom is -0.481 e. The Morgan fingerprint density at radius 1 is 0.902 bits per heavy atom. The number of aromatic nitrogens is 3. The number of rotatable bonds is 12. The second-order valence-electron chi connectivity index (χ2n) is 9.67. The van der Waals surface area contributed by atoms with E-state index in [1.165, 1.54) is 0 Å². The van der Waals surface area contributed by atoms with Gasteiger partial charge in [-0.15, -0.1) is 0 Å². The number of hydrogen-bond donors (Lipinski definition) is 5. The lowest BCUT2D eigenvalue weighted by Gasteiger charge is -2.15. The van der Waals surface area contributed by atoms with E-state index in [1.807, 2.05) is 24.3 Å². The number of carbonyl (C=O) groups excluding carboxylic acids is 1. The summed E-state index contributed by atoms with van der Waals surface area (Å²) in [6.07, 6.45) is 2.37. The Labute approximate surface area is 236 Å². The number of carboxylic acid groups (broad SMARTS) is 1. The number of aryl methyl sites for hydroxylation is 1. The molecule has 208 valence electrons. The molecule has 0 radical (unpaired) electrons. The van der Waals surface area contributed by atoms with Crippen molar-refractivity contribution in [1.82, 2.24) is 14.6 Å². The highest BCUT2D eigenvalue weighted by Gasteiger charge is 2.20. The highest BCUT2D eigenvalue weighted by atomic mass is 16.4.